The van der Waals surface area contributed by atoms with Crippen molar-refractivity contribution < 1.29 is 14.3 Å². The third-order valence-electron chi connectivity index (χ3n) is 10.3. The van der Waals surface area contributed by atoms with Gasteiger partial charge < -0.3 is 25.0 Å². The molecule has 11 nitrogen and oxygen atoms in total. The molecule has 4 heterocycles. The highest BCUT2D eigenvalue weighted by Crippen LogP contribution is 2.38. The largest absolute Gasteiger partial charge is 0.457 e. The van der Waals surface area contributed by atoms with Gasteiger partial charge in [0.15, 0.2) is 5.65 Å². The molecule has 1 amide bonds. The Balaban J connectivity index is 0.921. The summed E-state index contributed by atoms with van der Waals surface area (Å²) in [6.45, 7) is 13.0. The minimum absolute atomic E-state index is 0.173. The molecule has 0 atom stereocenters. The van der Waals surface area contributed by atoms with Gasteiger partial charge in [-0.25, -0.2) is 19.4 Å². The van der Waals surface area contributed by atoms with E-state index in [0.29, 0.717) is 17.8 Å². The lowest BCUT2D eigenvalue weighted by atomic mass is 9.89. The number of anilines is 1. The zero-order valence-corrected chi connectivity index (χ0v) is 29.1. The summed E-state index contributed by atoms with van der Waals surface area (Å²) in [6.07, 6.45) is 7.90. The number of ether oxygens (including phenoxy) is 2. The molecule has 3 aliphatic rings. The van der Waals surface area contributed by atoms with E-state index in [-0.39, 0.29) is 12.1 Å². The van der Waals surface area contributed by atoms with Gasteiger partial charge in [-0.1, -0.05) is 18.2 Å². The number of benzene rings is 2. The van der Waals surface area contributed by atoms with Crippen LogP contribution in [0.2, 0.25) is 0 Å². The number of piperidine rings is 1. The first-order valence-corrected chi connectivity index (χ1v) is 18.0. The van der Waals surface area contributed by atoms with E-state index in [1.54, 1.807) is 6.33 Å². The summed E-state index contributed by atoms with van der Waals surface area (Å²) in [7, 11) is 0. The lowest BCUT2D eigenvalue weighted by Crippen LogP contribution is -2.52. The third kappa shape index (κ3) is 7.83. The van der Waals surface area contributed by atoms with Crippen LogP contribution >= 0.6 is 0 Å². The Morgan fingerprint density at radius 2 is 1.47 bits per heavy atom. The van der Waals surface area contributed by atoms with Crippen LogP contribution in [0.25, 0.3) is 22.3 Å². The molecule has 2 aliphatic heterocycles. The molecule has 4 aromatic rings. The summed E-state index contributed by atoms with van der Waals surface area (Å²) < 4.78 is 13.7. The van der Waals surface area contributed by atoms with E-state index >= 15 is 0 Å². The minimum Gasteiger partial charge on any atom is -0.457 e. The number of piperazine rings is 1. The molecule has 1 aliphatic carbocycles. The van der Waals surface area contributed by atoms with Gasteiger partial charge in [0.2, 0.25) is 0 Å². The predicted molar refractivity (Wildman–Crippen MR) is 192 cm³/mol. The van der Waals surface area contributed by atoms with Crippen molar-refractivity contribution in [3.63, 3.8) is 0 Å². The topological polar surface area (TPSA) is 115 Å². The van der Waals surface area contributed by atoms with E-state index in [1.807, 2.05) is 80.3 Å². The standard InChI is InChI=1S/C38H50N8O3/c1-38(2,3)49-37(47)45-19-17-27(18-20-45)25-43-21-23-44(24-22-43)29-11-13-30(14-12-29)46-36-33(35(39)40-26-41-36)34(42-46)28-9-15-32(16-10-28)48-31-7-5-4-6-8-31/h4-10,15-16,26-27,29-30H,11-14,17-25H2,1-3H3,(H2,39,40,41). The SMILES string of the molecule is CC(C)(C)OC(=O)N1CCC(CN2CCN(C3CCC(n4nc(-c5ccc(Oc6ccccc6)cc5)c5c(N)ncnc54)CC3)CC2)CC1. The second-order valence-electron chi connectivity index (χ2n) is 14.9. The second kappa shape index (κ2) is 14.3. The Morgan fingerprint density at radius 1 is 0.816 bits per heavy atom. The Kier molecular flexibility index (Phi) is 9.73. The summed E-state index contributed by atoms with van der Waals surface area (Å²) in [5, 5.41) is 5.95. The van der Waals surface area contributed by atoms with E-state index in [2.05, 4.69) is 24.4 Å². The molecule has 2 saturated heterocycles. The molecular weight excluding hydrogens is 616 g/mol. The number of carbonyl (C=O) groups excluding carboxylic acids is 1. The number of carbonyl (C=O) groups is 1. The summed E-state index contributed by atoms with van der Waals surface area (Å²) >= 11 is 0. The Bertz CT molecular complexity index is 1700. The lowest BCUT2D eigenvalue weighted by Gasteiger charge is -2.43. The third-order valence-corrected chi connectivity index (χ3v) is 10.3. The molecule has 2 N–H and O–H groups in total. The maximum atomic E-state index is 12.5. The van der Waals surface area contributed by atoms with Crippen molar-refractivity contribution in [2.75, 3.05) is 51.5 Å². The number of para-hydroxylation sites is 1. The fourth-order valence-corrected chi connectivity index (χ4v) is 7.73. The zero-order chi connectivity index (χ0) is 34.0. The summed E-state index contributed by atoms with van der Waals surface area (Å²) in [5.41, 5.74) is 8.58. The van der Waals surface area contributed by atoms with Crippen molar-refractivity contribution in [1.29, 1.82) is 0 Å². The van der Waals surface area contributed by atoms with Gasteiger partial charge in [-0.05, 0) is 102 Å². The molecule has 0 spiro atoms. The van der Waals surface area contributed by atoms with E-state index in [4.69, 9.17) is 20.3 Å². The van der Waals surface area contributed by atoms with E-state index in [0.717, 1.165) is 118 Å². The molecular formula is C38H50N8O3. The van der Waals surface area contributed by atoms with Gasteiger partial charge in [0, 0.05) is 57.4 Å². The van der Waals surface area contributed by atoms with E-state index in [9.17, 15) is 4.79 Å². The molecule has 2 aromatic heterocycles. The normalized spacial score (nSPS) is 21.6. The van der Waals surface area contributed by atoms with Crippen molar-refractivity contribution in [3.8, 4) is 22.8 Å². The molecule has 11 heteroatoms. The molecule has 0 bridgehead atoms. The highest BCUT2D eigenvalue weighted by Gasteiger charge is 2.33. The van der Waals surface area contributed by atoms with Crippen LogP contribution in [-0.4, -0.2) is 98.0 Å². The van der Waals surface area contributed by atoms with Crippen LogP contribution in [-0.2, 0) is 4.74 Å². The Labute approximate surface area is 289 Å². The minimum atomic E-state index is -0.444. The number of amides is 1. The average molecular weight is 667 g/mol. The fraction of sp³-hybridized carbons (Fsp3) is 0.526. The van der Waals surface area contributed by atoms with Crippen LogP contribution < -0.4 is 10.5 Å². The summed E-state index contributed by atoms with van der Waals surface area (Å²) in [4.78, 5) is 28.7. The van der Waals surface area contributed by atoms with Crippen molar-refractivity contribution >= 4 is 22.9 Å². The van der Waals surface area contributed by atoms with Gasteiger partial charge in [0.1, 0.15) is 34.9 Å². The second-order valence-corrected chi connectivity index (χ2v) is 14.9. The maximum absolute atomic E-state index is 12.5. The van der Waals surface area contributed by atoms with Gasteiger partial charge in [-0.2, -0.15) is 5.10 Å². The number of hydrogen-bond donors (Lipinski definition) is 1. The van der Waals surface area contributed by atoms with Crippen LogP contribution in [0.5, 0.6) is 11.5 Å². The zero-order valence-electron chi connectivity index (χ0n) is 29.1. The number of nitrogens with two attached hydrogens (primary N) is 1. The number of nitrogen functional groups attached to an aromatic ring is 1. The molecule has 1 saturated carbocycles. The number of aromatic nitrogens is 4. The van der Waals surface area contributed by atoms with Crippen molar-refractivity contribution in [3.05, 3.63) is 60.9 Å². The number of fused-ring (bicyclic) bond motifs is 1. The van der Waals surface area contributed by atoms with Crippen LogP contribution in [0, 0.1) is 5.92 Å². The number of nitrogens with zero attached hydrogens (tertiary/aromatic N) is 7. The predicted octanol–water partition coefficient (Wildman–Crippen LogP) is 6.62. The molecule has 2 aromatic carbocycles. The quantitative estimate of drug-likeness (QED) is 0.233. The van der Waals surface area contributed by atoms with Crippen molar-refractivity contribution in [2.24, 2.45) is 5.92 Å². The Morgan fingerprint density at radius 3 is 2.14 bits per heavy atom. The molecule has 49 heavy (non-hydrogen) atoms. The van der Waals surface area contributed by atoms with Crippen LogP contribution in [0.4, 0.5) is 10.6 Å². The summed E-state index contributed by atoms with van der Waals surface area (Å²) in [5.74, 6) is 2.67. The van der Waals surface area contributed by atoms with Crippen molar-refractivity contribution in [1.82, 2.24) is 34.4 Å². The first-order chi connectivity index (χ1) is 23.7. The number of hydrogen-bond acceptors (Lipinski definition) is 9. The van der Waals surface area contributed by atoms with E-state index in [1.165, 1.54) is 0 Å². The number of rotatable bonds is 7. The van der Waals surface area contributed by atoms with Crippen LogP contribution in [0.1, 0.15) is 65.3 Å². The van der Waals surface area contributed by atoms with E-state index < -0.39 is 5.60 Å². The highest BCUT2D eigenvalue weighted by molar-refractivity contribution is 5.98. The highest BCUT2D eigenvalue weighted by atomic mass is 16.6. The van der Waals surface area contributed by atoms with Crippen LogP contribution in [0.15, 0.2) is 60.9 Å². The maximum Gasteiger partial charge on any atom is 0.410 e. The van der Waals surface area contributed by atoms with Crippen LogP contribution in [0.3, 0.4) is 0 Å². The smallest absolute Gasteiger partial charge is 0.410 e. The molecule has 0 unspecified atom stereocenters. The van der Waals surface area contributed by atoms with Gasteiger partial charge in [-0.3, -0.25) is 4.90 Å². The van der Waals surface area contributed by atoms with Gasteiger partial charge in [0.25, 0.3) is 0 Å². The number of likely N-dealkylation sites (tertiary alicyclic amines) is 1. The molecule has 260 valence electrons. The summed E-state index contributed by atoms with van der Waals surface area (Å²) in [6, 6.07) is 18.6. The fourth-order valence-electron chi connectivity index (χ4n) is 7.73. The first-order valence-electron chi connectivity index (χ1n) is 18.0. The molecule has 3 fully saturated rings. The average Bonchev–Trinajstić information content (AvgIpc) is 3.50. The van der Waals surface area contributed by atoms with Crippen molar-refractivity contribution in [2.45, 2.75) is 77.0 Å². The molecule has 7 rings (SSSR count). The molecule has 0 radical (unpaired) electrons. The Hall–Kier alpha value is -4.22. The van der Waals surface area contributed by atoms with Gasteiger partial charge in [0.05, 0.1) is 11.4 Å². The lowest BCUT2D eigenvalue weighted by molar-refractivity contribution is 0.0148. The first kappa shape index (κ1) is 33.3. The van der Waals surface area contributed by atoms with Gasteiger partial charge in [-0.15, -0.1) is 0 Å². The van der Waals surface area contributed by atoms with Gasteiger partial charge >= 0.3 is 6.09 Å². The monoisotopic (exact) mass is 666 g/mol.